The van der Waals surface area contributed by atoms with E-state index in [-0.39, 0.29) is 11.6 Å². The van der Waals surface area contributed by atoms with Gasteiger partial charge in [-0.25, -0.2) is 4.98 Å². The van der Waals surface area contributed by atoms with Gasteiger partial charge in [0.05, 0.1) is 11.6 Å². The van der Waals surface area contributed by atoms with E-state index in [0.29, 0.717) is 11.6 Å². The van der Waals surface area contributed by atoms with Crippen LogP contribution in [0.15, 0.2) is 30.3 Å². The molecule has 0 saturated carbocycles. The maximum Gasteiger partial charge on any atom is 0.433 e. The highest BCUT2D eigenvalue weighted by molar-refractivity contribution is 5.37. The number of nitrogens with two attached hydrogens (primary N) is 1. The van der Waals surface area contributed by atoms with Crippen molar-refractivity contribution in [3.8, 4) is 17.7 Å². The number of anilines is 1. The number of nitrogen functional groups attached to an aromatic ring is 1. The molecular weight excluding hydrogens is 273 g/mol. The van der Waals surface area contributed by atoms with Gasteiger partial charge in [-0.2, -0.15) is 23.4 Å². The first kappa shape index (κ1) is 13.6. The fraction of sp³-hybridized carbons (Fsp3) is 0.0833. The van der Waals surface area contributed by atoms with Crippen LogP contribution in [0.2, 0.25) is 0 Å². The van der Waals surface area contributed by atoms with E-state index in [1.165, 1.54) is 24.3 Å². The van der Waals surface area contributed by atoms with Gasteiger partial charge in [-0.15, -0.1) is 0 Å². The molecule has 0 aliphatic heterocycles. The number of hydrogen-bond acceptors (Lipinski definition) is 5. The topological polar surface area (TPSA) is 84.8 Å². The third-order valence-electron chi connectivity index (χ3n) is 2.22. The van der Waals surface area contributed by atoms with Gasteiger partial charge in [0.25, 0.3) is 0 Å². The quantitative estimate of drug-likeness (QED) is 0.914. The monoisotopic (exact) mass is 280 g/mol. The van der Waals surface area contributed by atoms with E-state index in [1.807, 2.05) is 6.07 Å². The Morgan fingerprint density at radius 2 is 1.80 bits per heavy atom. The van der Waals surface area contributed by atoms with Gasteiger partial charge in [-0.05, 0) is 24.3 Å². The summed E-state index contributed by atoms with van der Waals surface area (Å²) in [4.78, 5) is 6.66. The summed E-state index contributed by atoms with van der Waals surface area (Å²) in [7, 11) is 0. The second-order valence-corrected chi connectivity index (χ2v) is 3.69. The molecule has 0 unspecified atom stereocenters. The highest BCUT2D eigenvalue weighted by atomic mass is 19.4. The van der Waals surface area contributed by atoms with Gasteiger partial charge >= 0.3 is 6.18 Å². The molecule has 20 heavy (non-hydrogen) atoms. The number of ether oxygens (including phenoxy) is 1. The maximum atomic E-state index is 12.5. The van der Waals surface area contributed by atoms with Gasteiger partial charge in [0.15, 0.2) is 5.69 Å². The van der Waals surface area contributed by atoms with Crippen LogP contribution in [0.25, 0.3) is 0 Å². The fourth-order valence-electron chi connectivity index (χ4n) is 1.36. The van der Waals surface area contributed by atoms with Gasteiger partial charge in [0.1, 0.15) is 5.75 Å². The Morgan fingerprint density at radius 3 is 2.35 bits per heavy atom. The second-order valence-electron chi connectivity index (χ2n) is 3.69. The molecule has 0 radical (unpaired) electrons. The van der Waals surface area contributed by atoms with Crippen molar-refractivity contribution < 1.29 is 17.9 Å². The Labute approximate surface area is 111 Å². The van der Waals surface area contributed by atoms with Crippen LogP contribution in [0.1, 0.15) is 11.3 Å². The Morgan fingerprint density at radius 1 is 1.15 bits per heavy atom. The smallest absolute Gasteiger partial charge is 0.433 e. The van der Waals surface area contributed by atoms with E-state index in [2.05, 4.69) is 9.97 Å². The molecule has 0 saturated heterocycles. The molecule has 2 rings (SSSR count). The van der Waals surface area contributed by atoms with Crippen molar-refractivity contribution >= 4 is 5.95 Å². The predicted molar refractivity (Wildman–Crippen MR) is 62.7 cm³/mol. The van der Waals surface area contributed by atoms with Crippen LogP contribution in [-0.4, -0.2) is 9.97 Å². The molecule has 0 aliphatic rings. The lowest BCUT2D eigenvalue weighted by Crippen LogP contribution is -2.11. The van der Waals surface area contributed by atoms with E-state index >= 15 is 0 Å². The van der Waals surface area contributed by atoms with Crippen molar-refractivity contribution in [2.75, 3.05) is 5.73 Å². The highest BCUT2D eigenvalue weighted by Gasteiger charge is 2.33. The van der Waals surface area contributed by atoms with E-state index in [4.69, 9.17) is 15.7 Å². The molecule has 0 spiro atoms. The van der Waals surface area contributed by atoms with Crippen LogP contribution in [0, 0.1) is 11.3 Å². The standard InChI is InChI=1S/C12H7F3N4O/c13-12(14,15)9-5-10(19-11(17)18-9)20-8-3-1-7(6-16)2-4-8/h1-5H,(H2,17,18,19). The van der Waals surface area contributed by atoms with E-state index < -0.39 is 17.8 Å². The molecule has 102 valence electrons. The summed E-state index contributed by atoms with van der Waals surface area (Å²) in [6, 6.07) is 8.35. The Balaban J connectivity index is 2.29. The zero-order valence-electron chi connectivity index (χ0n) is 9.85. The molecule has 0 atom stereocenters. The highest BCUT2D eigenvalue weighted by Crippen LogP contribution is 2.31. The summed E-state index contributed by atoms with van der Waals surface area (Å²) in [5, 5.41) is 8.63. The molecule has 2 N–H and O–H groups in total. The number of alkyl halides is 3. The summed E-state index contributed by atoms with van der Waals surface area (Å²) in [5.41, 5.74) is 4.42. The van der Waals surface area contributed by atoms with Crippen LogP contribution in [0.5, 0.6) is 11.6 Å². The minimum absolute atomic E-state index is 0.232. The zero-order valence-corrected chi connectivity index (χ0v) is 9.85. The maximum absolute atomic E-state index is 12.5. The average molecular weight is 280 g/mol. The summed E-state index contributed by atoms with van der Waals surface area (Å²) < 4.78 is 42.8. The van der Waals surface area contributed by atoms with Crippen molar-refractivity contribution in [3.05, 3.63) is 41.6 Å². The number of benzene rings is 1. The molecule has 1 heterocycles. The molecule has 8 heteroatoms. The molecule has 1 aromatic heterocycles. The van der Waals surface area contributed by atoms with E-state index in [0.717, 1.165) is 0 Å². The lowest BCUT2D eigenvalue weighted by molar-refractivity contribution is -0.141. The molecule has 0 amide bonds. The molecule has 0 aliphatic carbocycles. The first-order valence-corrected chi connectivity index (χ1v) is 5.28. The largest absolute Gasteiger partial charge is 0.439 e. The van der Waals surface area contributed by atoms with Crippen LogP contribution < -0.4 is 10.5 Å². The van der Waals surface area contributed by atoms with Crippen LogP contribution in [0.3, 0.4) is 0 Å². The van der Waals surface area contributed by atoms with Gasteiger partial charge < -0.3 is 10.5 Å². The SMILES string of the molecule is N#Cc1ccc(Oc2cc(C(F)(F)F)nc(N)n2)cc1. The van der Waals surface area contributed by atoms with Gasteiger partial charge in [-0.3, -0.25) is 0 Å². The average Bonchev–Trinajstić information content (AvgIpc) is 2.38. The summed E-state index contributed by atoms with van der Waals surface area (Å²) in [6.07, 6.45) is -4.64. The minimum atomic E-state index is -4.64. The van der Waals surface area contributed by atoms with Gasteiger partial charge in [-0.1, -0.05) is 0 Å². The first-order valence-electron chi connectivity index (χ1n) is 5.28. The van der Waals surface area contributed by atoms with Gasteiger partial charge in [0, 0.05) is 6.07 Å². The van der Waals surface area contributed by atoms with Crippen LogP contribution in [0.4, 0.5) is 19.1 Å². The zero-order chi connectivity index (χ0) is 14.8. The number of halogens is 3. The normalized spacial score (nSPS) is 10.9. The summed E-state index contributed by atoms with van der Waals surface area (Å²) in [6.45, 7) is 0. The molecule has 0 fully saturated rings. The fourth-order valence-corrected chi connectivity index (χ4v) is 1.36. The van der Waals surface area contributed by atoms with Crippen molar-refractivity contribution in [2.45, 2.75) is 6.18 Å². The lowest BCUT2D eigenvalue weighted by atomic mass is 10.2. The molecule has 0 bridgehead atoms. The van der Waals surface area contributed by atoms with E-state index in [1.54, 1.807) is 0 Å². The van der Waals surface area contributed by atoms with Crippen molar-refractivity contribution in [2.24, 2.45) is 0 Å². The Kier molecular flexibility index (Phi) is 3.43. The predicted octanol–water partition coefficient (Wildman–Crippen LogP) is 2.74. The number of hydrogen-bond donors (Lipinski definition) is 1. The molecule has 1 aromatic carbocycles. The number of nitriles is 1. The molecular formula is C12H7F3N4O. The third kappa shape index (κ3) is 3.14. The lowest BCUT2D eigenvalue weighted by Gasteiger charge is -2.09. The Hall–Kier alpha value is -2.82. The van der Waals surface area contributed by atoms with Crippen molar-refractivity contribution in [1.82, 2.24) is 9.97 Å². The number of rotatable bonds is 2. The second kappa shape index (κ2) is 5.05. The summed E-state index contributed by atoms with van der Waals surface area (Å²) >= 11 is 0. The Bertz CT molecular complexity index is 662. The van der Waals surface area contributed by atoms with Crippen LogP contribution in [-0.2, 0) is 6.18 Å². The summed E-state index contributed by atoms with van der Waals surface area (Å²) in [5.74, 6) is -0.631. The minimum Gasteiger partial charge on any atom is -0.439 e. The van der Waals surface area contributed by atoms with E-state index in [9.17, 15) is 13.2 Å². The third-order valence-corrected chi connectivity index (χ3v) is 2.22. The number of nitrogens with zero attached hydrogens (tertiary/aromatic N) is 3. The first-order chi connectivity index (χ1) is 9.38. The van der Waals surface area contributed by atoms with Gasteiger partial charge in [0.2, 0.25) is 11.8 Å². The van der Waals surface area contributed by atoms with Crippen molar-refractivity contribution in [1.29, 1.82) is 5.26 Å². The molecule has 2 aromatic rings. The molecule has 5 nitrogen and oxygen atoms in total. The van der Waals surface area contributed by atoms with Crippen LogP contribution >= 0.6 is 0 Å². The number of aromatic nitrogens is 2. The van der Waals surface area contributed by atoms with Crippen molar-refractivity contribution in [3.63, 3.8) is 0 Å².